The van der Waals surface area contributed by atoms with Crippen LogP contribution in [0.2, 0.25) is 0 Å². The summed E-state index contributed by atoms with van der Waals surface area (Å²) in [6, 6.07) is 10.0. The molecule has 0 atom stereocenters. The van der Waals surface area contributed by atoms with Crippen LogP contribution in [-0.2, 0) is 17.9 Å². The first-order valence-electron chi connectivity index (χ1n) is 8.21. The quantitative estimate of drug-likeness (QED) is 0.827. The second kappa shape index (κ2) is 7.34. The molecule has 1 heterocycles. The Hall–Kier alpha value is -1.88. The number of rotatable bonds is 5. The fourth-order valence-corrected chi connectivity index (χ4v) is 3.51. The molecule has 0 spiro atoms. The fraction of sp³-hybridized carbons (Fsp3) is 0.474. The molecular weight excluding hydrogens is 320 g/mol. The maximum atomic E-state index is 12.8. The smallest absolute Gasteiger partial charge is 0.307 e. The van der Waals surface area contributed by atoms with Gasteiger partial charge in [0.15, 0.2) is 0 Å². The van der Waals surface area contributed by atoms with Crippen molar-refractivity contribution in [1.29, 1.82) is 0 Å². The summed E-state index contributed by atoms with van der Waals surface area (Å²) < 4.78 is 1.71. The number of hydrogen-bond donors (Lipinski definition) is 0. The van der Waals surface area contributed by atoms with E-state index in [9.17, 15) is 9.59 Å². The van der Waals surface area contributed by atoms with E-state index in [0.717, 1.165) is 16.1 Å². The Bertz CT molecular complexity index is 754. The van der Waals surface area contributed by atoms with Crippen LogP contribution in [0.3, 0.4) is 0 Å². The van der Waals surface area contributed by atoms with Gasteiger partial charge < -0.3 is 9.47 Å². The van der Waals surface area contributed by atoms with E-state index < -0.39 is 0 Å². The van der Waals surface area contributed by atoms with Crippen LogP contribution < -0.4 is 4.87 Å². The highest BCUT2D eigenvalue weighted by molar-refractivity contribution is 7.09. The summed E-state index contributed by atoms with van der Waals surface area (Å²) in [5, 5.41) is 0. The Balaban J connectivity index is 2.12. The van der Waals surface area contributed by atoms with E-state index in [1.807, 2.05) is 69.9 Å². The van der Waals surface area contributed by atoms with E-state index in [4.69, 9.17) is 0 Å². The van der Waals surface area contributed by atoms with Crippen LogP contribution in [0.4, 0.5) is 0 Å². The van der Waals surface area contributed by atoms with Gasteiger partial charge in [0.2, 0.25) is 5.91 Å². The van der Waals surface area contributed by atoms with Crippen molar-refractivity contribution < 1.29 is 4.79 Å². The molecule has 2 rings (SSSR count). The number of benzene rings is 1. The first-order valence-corrected chi connectivity index (χ1v) is 9.03. The maximum absolute atomic E-state index is 12.8. The minimum Gasteiger partial charge on any atom is -0.333 e. The van der Waals surface area contributed by atoms with Crippen LogP contribution in [0, 0.1) is 13.8 Å². The number of carbonyl (C=O) groups excluding carboxylic acids is 1. The minimum absolute atomic E-state index is 0.0168. The van der Waals surface area contributed by atoms with Crippen molar-refractivity contribution in [2.45, 2.75) is 59.7 Å². The molecule has 0 N–H and O–H groups in total. The summed E-state index contributed by atoms with van der Waals surface area (Å²) in [5.74, 6) is 0.0708. The van der Waals surface area contributed by atoms with E-state index in [1.165, 1.54) is 11.3 Å². The largest absolute Gasteiger partial charge is 0.333 e. The van der Waals surface area contributed by atoms with Gasteiger partial charge in [-0.25, -0.2) is 0 Å². The lowest BCUT2D eigenvalue weighted by molar-refractivity contribution is -0.137. The molecule has 0 aliphatic rings. The van der Waals surface area contributed by atoms with Gasteiger partial charge in [-0.15, -0.1) is 0 Å². The maximum Gasteiger partial charge on any atom is 0.307 e. The molecule has 0 fully saturated rings. The van der Waals surface area contributed by atoms with Gasteiger partial charge >= 0.3 is 4.87 Å². The molecule has 0 bridgehead atoms. The van der Waals surface area contributed by atoms with Crippen LogP contribution in [0.25, 0.3) is 0 Å². The van der Waals surface area contributed by atoms with E-state index in [1.54, 1.807) is 4.57 Å². The van der Waals surface area contributed by atoms with Crippen molar-refractivity contribution in [3.8, 4) is 0 Å². The van der Waals surface area contributed by atoms with Crippen LogP contribution >= 0.6 is 11.3 Å². The molecule has 0 radical (unpaired) electrons. The van der Waals surface area contributed by atoms with Crippen molar-refractivity contribution in [2.75, 3.05) is 0 Å². The summed E-state index contributed by atoms with van der Waals surface area (Å²) in [5.41, 5.74) is 1.81. The van der Waals surface area contributed by atoms with E-state index in [-0.39, 0.29) is 16.3 Å². The van der Waals surface area contributed by atoms with Crippen LogP contribution in [0.5, 0.6) is 0 Å². The standard InChI is InChI=1S/C19H26N2O2S/c1-14-15(2)24-18(23)20(14)12-11-17(22)21(19(3,4)5)13-16-9-7-6-8-10-16/h6-10H,11-13H2,1-5H3. The zero-order chi connectivity index (χ0) is 17.9. The van der Waals surface area contributed by atoms with E-state index in [0.29, 0.717) is 19.5 Å². The second-order valence-corrected chi connectivity index (χ2v) is 8.21. The number of aromatic nitrogens is 1. The normalized spacial score (nSPS) is 11.5. The third kappa shape index (κ3) is 4.35. The van der Waals surface area contributed by atoms with Gasteiger partial charge in [0, 0.05) is 35.6 Å². The molecule has 2 aromatic rings. The molecule has 130 valence electrons. The number of nitrogens with zero attached hydrogens (tertiary/aromatic N) is 2. The first-order chi connectivity index (χ1) is 11.2. The molecule has 0 saturated carbocycles. The molecule has 0 unspecified atom stereocenters. The van der Waals surface area contributed by atoms with Gasteiger partial charge in [0.1, 0.15) is 0 Å². The predicted octanol–water partition coefficient (Wildman–Crippen LogP) is 3.74. The summed E-state index contributed by atoms with van der Waals surface area (Å²) in [6.45, 7) is 11.0. The Labute approximate surface area is 147 Å². The molecule has 1 aromatic heterocycles. The van der Waals surface area contributed by atoms with Crippen molar-refractivity contribution in [3.05, 3.63) is 56.1 Å². The topological polar surface area (TPSA) is 42.3 Å². The highest BCUT2D eigenvalue weighted by atomic mass is 32.1. The van der Waals surface area contributed by atoms with Gasteiger partial charge in [-0.05, 0) is 40.2 Å². The number of hydrogen-bond acceptors (Lipinski definition) is 3. The van der Waals surface area contributed by atoms with Gasteiger partial charge in [-0.2, -0.15) is 0 Å². The lowest BCUT2D eigenvalue weighted by Crippen LogP contribution is -2.45. The number of thiazole rings is 1. The van der Waals surface area contributed by atoms with Crippen LogP contribution in [0.15, 0.2) is 35.1 Å². The molecule has 0 saturated heterocycles. The monoisotopic (exact) mass is 346 g/mol. The van der Waals surface area contributed by atoms with Gasteiger partial charge in [0.05, 0.1) is 0 Å². The molecular formula is C19H26N2O2S. The first kappa shape index (κ1) is 18.5. The average Bonchev–Trinajstić information content (AvgIpc) is 2.75. The fourth-order valence-electron chi connectivity index (χ4n) is 2.65. The average molecular weight is 346 g/mol. The zero-order valence-electron chi connectivity index (χ0n) is 15.1. The number of amides is 1. The molecule has 0 aliphatic carbocycles. The Kier molecular flexibility index (Phi) is 5.65. The molecule has 1 amide bonds. The Morgan fingerprint density at radius 3 is 2.29 bits per heavy atom. The van der Waals surface area contributed by atoms with Crippen molar-refractivity contribution >= 4 is 17.2 Å². The third-order valence-corrected chi connectivity index (χ3v) is 5.22. The van der Waals surface area contributed by atoms with Crippen molar-refractivity contribution in [2.24, 2.45) is 0 Å². The lowest BCUT2D eigenvalue weighted by atomic mass is 10.0. The second-order valence-electron chi connectivity index (χ2n) is 7.05. The van der Waals surface area contributed by atoms with Gasteiger partial charge in [0.25, 0.3) is 0 Å². The molecule has 0 aliphatic heterocycles. The number of carbonyl (C=O) groups is 1. The molecule has 5 heteroatoms. The van der Waals surface area contributed by atoms with Crippen molar-refractivity contribution in [1.82, 2.24) is 9.47 Å². The van der Waals surface area contributed by atoms with E-state index in [2.05, 4.69) is 0 Å². The highest BCUT2D eigenvalue weighted by Gasteiger charge is 2.26. The van der Waals surface area contributed by atoms with E-state index >= 15 is 0 Å². The highest BCUT2D eigenvalue weighted by Crippen LogP contribution is 2.19. The summed E-state index contributed by atoms with van der Waals surface area (Å²) >= 11 is 1.25. The zero-order valence-corrected chi connectivity index (χ0v) is 15.9. The van der Waals surface area contributed by atoms with Crippen LogP contribution in [-0.4, -0.2) is 20.9 Å². The SMILES string of the molecule is Cc1sc(=O)n(CCC(=O)N(Cc2ccccc2)C(C)(C)C)c1C. The van der Waals surface area contributed by atoms with Gasteiger partial charge in [-0.1, -0.05) is 41.7 Å². The molecule has 24 heavy (non-hydrogen) atoms. The summed E-state index contributed by atoms with van der Waals surface area (Å²) in [6.07, 6.45) is 0.334. The molecule has 1 aromatic carbocycles. The van der Waals surface area contributed by atoms with Crippen LogP contribution in [0.1, 0.15) is 43.3 Å². The Morgan fingerprint density at radius 1 is 1.17 bits per heavy atom. The summed E-state index contributed by atoms with van der Waals surface area (Å²) in [7, 11) is 0. The predicted molar refractivity (Wildman–Crippen MR) is 99.4 cm³/mol. The summed E-state index contributed by atoms with van der Waals surface area (Å²) in [4.78, 5) is 27.7. The lowest BCUT2D eigenvalue weighted by Gasteiger charge is -2.36. The van der Waals surface area contributed by atoms with Gasteiger partial charge in [-0.3, -0.25) is 9.59 Å². The molecule has 4 nitrogen and oxygen atoms in total. The number of aryl methyl sites for hydroxylation is 1. The van der Waals surface area contributed by atoms with Crippen molar-refractivity contribution in [3.63, 3.8) is 0 Å². The minimum atomic E-state index is -0.266. The third-order valence-electron chi connectivity index (χ3n) is 4.22. The Morgan fingerprint density at radius 2 is 1.79 bits per heavy atom.